The molecule has 0 fully saturated rings. The average molecular weight is 146 g/mol. The van der Waals surface area contributed by atoms with Gasteiger partial charge < -0.3 is 4.74 Å². The Hall–Kier alpha value is -0.810. The molecule has 0 unspecified atom stereocenters. The monoisotopic (exact) mass is 146 g/mol. The van der Waals surface area contributed by atoms with Gasteiger partial charge in [0.15, 0.2) is 6.67 Å². The van der Waals surface area contributed by atoms with Crippen LogP contribution in [-0.4, -0.2) is 19.0 Å². The Kier molecular flexibility index (Phi) is 2.41. The zero-order chi connectivity index (χ0) is 7.49. The van der Waals surface area contributed by atoms with E-state index in [1.807, 2.05) is 0 Å². The molecule has 0 N–H and O–H groups in total. The maximum absolute atomic E-state index is 10.9. The third-order valence-electron chi connectivity index (χ3n) is 0.339. The number of hydrogen-bond acceptors (Lipinski definition) is 2. The Balaban J connectivity index is 3.60. The lowest BCUT2D eigenvalue weighted by molar-refractivity contribution is -0.306. The Morgan fingerprint density at radius 1 is 1.44 bits per heavy atom. The maximum Gasteiger partial charge on any atom is 0.575 e. The van der Waals surface area contributed by atoms with Crippen LogP contribution in [0, 0.1) is 0 Å². The number of hydrogen-bond donors (Lipinski definition) is 0. The van der Waals surface area contributed by atoms with Gasteiger partial charge in [0.1, 0.15) is 0 Å². The van der Waals surface area contributed by atoms with Crippen LogP contribution in [0.15, 0.2) is 0 Å². The van der Waals surface area contributed by atoms with Crippen molar-refractivity contribution in [2.75, 3.05) is 6.67 Å². The minimum absolute atomic E-state index is 1.76. The third-order valence-corrected chi connectivity index (χ3v) is 0.339. The van der Waals surface area contributed by atoms with E-state index in [2.05, 4.69) is 4.74 Å². The molecule has 0 amide bonds. The molecule has 6 heteroatoms. The van der Waals surface area contributed by atoms with Gasteiger partial charge >= 0.3 is 12.3 Å². The van der Waals surface area contributed by atoms with Gasteiger partial charge in [0.05, 0.1) is 0 Å². The first kappa shape index (κ1) is 8.19. The number of alkyl halides is 4. The fourth-order valence-electron chi connectivity index (χ4n) is 0.156. The average Bonchev–Trinajstić information content (AvgIpc) is 1.62. The van der Waals surface area contributed by atoms with E-state index >= 15 is 0 Å². The van der Waals surface area contributed by atoms with Crippen LogP contribution >= 0.6 is 0 Å². The van der Waals surface area contributed by atoms with E-state index in [9.17, 15) is 22.4 Å². The Labute approximate surface area is 47.4 Å². The lowest BCUT2D eigenvalue weighted by Crippen LogP contribution is -2.20. The number of esters is 1. The molecule has 0 radical (unpaired) electrons. The van der Waals surface area contributed by atoms with Crippen LogP contribution in [0.1, 0.15) is 0 Å². The molecular weight excluding hydrogens is 144 g/mol. The van der Waals surface area contributed by atoms with Gasteiger partial charge in [0.2, 0.25) is 0 Å². The first-order chi connectivity index (χ1) is 3.95. The minimum atomic E-state index is -5.07. The highest BCUT2D eigenvalue weighted by atomic mass is 19.4. The summed E-state index contributed by atoms with van der Waals surface area (Å²) in [5, 5.41) is 0. The molecule has 9 heavy (non-hydrogen) atoms. The molecule has 0 aromatic rings. The molecule has 0 spiro atoms. The van der Waals surface area contributed by atoms with E-state index in [0.717, 1.165) is 0 Å². The zero-order valence-electron chi connectivity index (χ0n) is 4.04. The lowest BCUT2D eigenvalue weighted by atomic mass is 10.8. The summed E-state index contributed by atoms with van der Waals surface area (Å²) < 4.78 is 46.2. The van der Waals surface area contributed by atoms with Crippen molar-refractivity contribution in [2.45, 2.75) is 6.36 Å². The van der Waals surface area contributed by atoms with Gasteiger partial charge in [0.25, 0.3) is 0 Å². The van der Waals surface area contributed by atoms with Crippen LogP contribution in [0.3, 0.4) is 0 Å². The van der Waals surface area contributed by atoms with Crippen molar-refractivity contribution < 1.29 is 27.1 Å². The fraction of sp³-hybridized carbons (Fsp3) is 0.667. The highest BCUT2D eigenvalue weighted by molar-refractivity contribution is 5.70. The first-order valence-electron chi connectivity index (χ1n) is 1.80. The normalized spacial score (nSPS) is 11.1. The Morgan fingerprint density at radius 2 is 1.89 bits per heavy atom. The summed E-state index contributed by atoms with van der Waals surface area (Å²) in [5.41, 5.74) is 0. The van der Waals surface area contributed by atoms with Crippen molar-refractivity contribution >= 4 is 5.97 Å². The van der Waals surface area contributed by atoms with Gasteiger partial charge in [0, 0.05) is 0 Å². The van der Waals surface area contributed by atoms with Crippen molar-refractivity contribution in [1.82, 2.24) is 0 Å². The van der Waals surface area contributed by atoms with Crippen LogP contribution in [0.4, 0.5) is 17.6 Å². The van der Waals surface area contributed by atoms with Crippen molar-refractivity contribution in [3.63, 3.8) is 0 Å². The second-order valence-electron chi connectivity index (χ2n) is 1.05. The van der Waals surface area contributed by atoms with Crippen molar-refractivity contribution in [3.05, 3.63) is 0 Å². The number of carbonyl (C=O) groups excluding carboxylic acids is 1. The van der Waals surface area contributed by atoms with Crippen LogP contribution in [0.2, 0.25) is 0 Å². The summed E-state index contributed by atoms with van der Waals surface area (Å²) >= 11 is 0. The van der Waals surface area contributed by atoms with Crippen LogP contribution in [0.5, 0.6) is 0 Å². The Bertz CT molecular complexity index is 107. The Morgan fingerprint density at radius 3 is 2.00 bits per heavy atom. The summed E-state index contributed by atoms with van der Waals surface area (Å²) in [7, 11) is 0. The van der Waals surface area contributed by atoms with Crippen LogP contribution in [0.25, 0.3) is 0 Å². The number of rotatable bonds is 1. The largest absolute Gasteiger partial charge is 0.575 e. The molecule has 0 rings (SSSR count). The summed E-state index contributed by atoms with van der Waals surface area (Å²) in [4.78, 5) is 9.51. The van der Waals surface area contributed by atoms with E-state index in [-0.39, 0.29) is 0 Å². The molecule has 0 aliphatic carbocycles. The molecular formula is C3H2F4O2. The molecule has 0 aromatic carbocycles. The predicted molar refractivity (Wildman–Crippen MR) is 18.1 cm³/mol. The minimum Gasteiger partial charge on any atom is -0.371 e. The number of halogens is 4. The molecule has 0 heterocycles. The molecule has 0 aliphatic rings. The molecule has 0 saturated heterocycles. The molecule has 0 bridgehead atoms. The summed E-state index contributed by atoms with van der Waals surface area (Å²) in [6.45, 7) is -1.76. The van der Waals surface area contributed by atoms with Gasteiger partial charge in [-0.1, -0.05) is 0 Å². The topological polar surface area (TPSA) is 26.3 Å². The molecule has 0 aliphatic heterocycles. The summed E-state index contributed by atoms with van der Waals surface area (Å²) in [5.74, 6) is -1.93. The number of ether oxygens (including phenoxy) is 1. The van der Waals surface area contributed by atoms with Crippen LogP contribution in [-0.2, 0) is 9.53 Å². The van der Waals surface area contributed by atoms with E-state index < -0.39 is 19.0 Å². The first-order valence-corrected chi connectivity index (χ1v) is 1.80. The van der Waals surface area contributed by atoms with Crippen LogP contribution < -0.4 is 0 Å². The third kappa shape index (κ3) is 5.05. The smallest absolute Gasteiger partial charge is 0.371 e. The molecule has 2 nitrogen and oxygen atoms in total. The van der Waals surface area contributed by atoms with E-state index in [4.69, 9.17) is 0 Å². The SMILES string of the molecule is O=C(CF)OC(F)(F)F. The molecule has 0 aromatic heterocycles. The highest BCUT2D eigenvalue weighted by Gasteiger charge is 2.33. The van der Waals surface area contributed by atoms with Crippen molar-refractivity contribution in [2.24, 2.45) is 0 Å². The highest BCUT2D eigenvalue weighted by Crippen LogP contribution is 2.15. The van der Waals surface area contributed by atoms with Gasteiger partial charge in [-0.25, -0.2) is 9.18 Å². The summed E-state index contributed by atoms with van der Waals surface area (Å²) in [6.07, 6.45) is -5.07. The maximum atomic E-state index is 10.9. The summed E-state index contributed by atoms with van der Waals surface area (Å²) in [6, 6.07) is 0. The zero-order valence-corrected chi connectivity index (χ0v) is 4.04. The quantitative estimate of drug-likeness (QED) is 0.407. The second-order valence-corrected chi connectivity index (χ2v) is 1.05. The van der Waals surface area contributed by atoms with Crippen molar-refractivity contribution in [1.29, 1.82) is 0 Å². The standard InChI is InChI=1S/C3H2F4O2/c4-1-2(8)9-3(5,6)7/h1H2. The predicted octanol–water partition coefficient (Wildman–Crippen LogP) is 1.02. The van der Waals surface area contributed by atoms with E-state index in [1.165, 1.54) is 0 Å². The molecule has 0 atom stereocenters. The lowest BCUT2D eigenvalue weighted by Gasteiger charge is -2.03. The van der Waals surface area contributed by atoms with Crippen molar-refractivity contribution in [3.8, 4) is 0 Å². The second kappa shape index (κ2) is 2.65. The van der Waals surface area contributed by atoms with E-state index in [0.29, 0.717) is 0 Å². The van der Waals surface area contributed by atoms with Gasteiger partial charge in [-0.3, -0.25) is 0 Å². The molecule has 0 saturated carbocycles. The van der Waals surface area contributed by atoms with Gasteiger partial charge in [-0.15, -0.1) is 13.2 Å². The van der Waals surface area contributed by atoms with Gasteiger partial charge in [-0.2, -0.15) is 0 Å². The number of carbonyl (C=O) groups is 1. The fourth-order valence-corrected chi connectivity index (χ4v) is 0.156. The van der Waals surface area contributed by atoms with E-state index in [1.54, 1.807) is 0 Å². The van der Waals surface area contributed by atoms with Gasteiger partial charge in [-0.05, 0) is 0 Å². The molecule has 54 valence electrons.